The number of ether oxygens (including phenoxy) is 4. The highest BCUT2D eigenvalue weighted by Gasteiger charge is 2.27. The summed E-state index contributed by atoms with van der Waals surface area (Å²) in [6.07, 6.45) is 0.0286. The molecule has 0 saturated carbocycles. The fourth-order valence-electron chi connectivity index (χ4n) is 4.73. The lowest BCUT2D eigenvalue weighted by molar-refractivity contribution is -0.139. The van der Waals surface area contributed by atoms with E-state index in [-0.39, 0.29) is 24.3 Å². The van der Waals surface area contributed by atoms with E-state index < -0.39 is 47.4 Å². The minimum Gasteiger partial charge on any atom is -0.479 e. The number of benzene rings is 2. The van der Waals surface area contributed by atoms with E-state index >= 15 is 0 Å². The Kier molecular flexibility index (Phi) is 22.7. The number of amides is 3. The Hall–Kier alpha value is -5.49. The Balaban J connectivity index is 0.000000492. The quantitative estimate of drug-likeness (QED) is 0.0662. The molecule has 3 amide bonds. The van der Waals surface area contributed by atoms with E-state index in [1.165, 1.54) is 36.9 Å². The van der Waals surface area contributed by atoms with Crippen molar-refractivity contribution in [3.63, 3.8) is 0 Å². The molecular formula is C42H55ClN4O11S2. The maximum absolute atomic E-state index is 12.7. The number of esters is 2. The Morgan fingerprint density at radius 2 is 1.05 bits per heavy atom. The van der Waals surface area contributed by atoms with Gasteiger partial charge in [0.05, 0.1) is 25.3 Å². The lowest BCUT2D eigenvalue weighted by atomic mass is 10.1. The topological polar surface area (TPSA) is 222 Å². The van der Waals surface area contributed by atoms with Gasteiger partial charge in [-0.2, -0.15) is 0 Å². The third kappa shape index (κ3) is 20.0. The van der Waals surface area contributed by atoms with Crippen LogP contribution >= 0.6 is 35.1 Å². The normalized spacial score (nSPS) is 11.6. The molecule has 6 N–H and O–H groups in total. The smallest absolute Gasteiger partial charge is 0.408 e. The van der Waals surface area contributed by atoms with Gasteiger partial charge in [0.1, 0.15) is 17.2 Å². The molecule has 2 aromatic heterocycles. The number of thiophene rings is 2. The van der Waals surface area contributed by atoms with E-state index in [1.807, 2.05) is 35.7 Å². The number of aliphatic carboxylic acids is 1. The van der Waals surface area contributed by atoms with Gasteiger partial charge in [-0.3, -0.25) is 4.79 Å². The predicted molar refractivity (Wildman–Crippen MR) is 233 cm³/mol. The first kappa shape index (κ1) is 52.5. The molecule has 2 unspecified atom stereocenters. The van der Waals surface area contributed by atoms with Gasteiger partial charge in [0.25, 0.3) is 0 Å². The van der Waals surface area contributed by atoms with Gasteiger partial charge in [-0.25, -0.2) is 24.0 Å². The number of hydrogen-bond acceptors (Lipinski definition) is 13. The van der Waals surface area contributed by atoms with E-state index in [2.05, 4.69) is 25.4 Å². The highest BCUT2D eigenvalue weighted by Crippen LogP contribution is 2.21. The van der Waals surface area contributed by atoms with E-state index in [9.17, 15) is 28.8 Å². The zero-order valence-corrected chi connectivity index (χ0v) is 37.3. The van der Waals surface area contributed by atoms with Crippen molar-refractivity contribution in [2.24, 2.45) is 5.73 Å². The average molecular weight is 892 g/mol. The zero-order valence-electron chi connectivity index (χ0n) is 34.9. The maximum Gasteiger partial charge on any atom is 0.408 e. The van der Waals surface area contributed by atoms with Gasteiger partial charge in [0, 0.05) is 16.3 Å². The van der Waals surface area contributed by atoms with Crippen molar-refractivity contribution in [1.82, 2.24) is 16.0 Å². The fourth-order valence-corrected chi connectivity index (χ4v) is 6.27. The van der Waals surface area contributed by atoms with Crippen LogP contribution in [0.25, 0.3) is 0 Å². The highest BCUT2D eigenvalue weighted by atomic mass is 35.5. The van der Waals surface area contributed by atoms with E-state index in [0.717, 1.165) is 22.4 Å². The summed E-state index contributed by atoms with van der Waals surface area (Å²) < 4.78 is 19.5. The fraction of sp³-hybridized carbons (Fsp3) is 0.381. The molecule has 0 aliphatic rings. The monoisotopic (exact) mass is 890 g/mol. The summed E-state index contributed by atoms with van der Waals surface area (Å²) in [7, 11) is 2.71. The van der Waals surface area contributed by atoms with Crippen molar-refractivity contribution in [1.29, 1.82) is 0 Å². The SMILES string of the molecule is CC(C)(C)OC(=O)NC(C(=O)O)c1cccs1.COC(=O)c1ccc(CCN)cc1.COC(=O)c1ccc(CCNC(=O)C(NC(=O)OC(C)(C)C)c2cccs2)cc1.Cl. The number of hydrogen-bond donors (Lipinski definition) is 5. The molecule has 328 valence electrons. The molecule has 0 saturated heterocycles. The first-order valence-corrected chi connectivity index (χ1v) is 20.1. The molecule has 4 rings (SSSR count). The molecule has 2 aromatic carbocycles. The van der Waals surface area contributed by atoms with E-state index in [1.54, 1.807) is 89.4 Å². The van der Waals surface area contributed by atoms with Gasteiger partial charge in [-0.05, 0) is 119 Å². The lowest BCUT2D eigenvalue weighted by Crippen LogP contribution is -2.42. The van der Waals surface area contributed by atoms with Gasteiger partial charge in [0.15, 0.2) is 6.04 Å². The lowest BCUT2D eigenvalue weighted by Gasteiger charge is -2.23. The number of nitrogens with one attached hydrogen (secondary N) is 3. The summed E-state index contributed by atoms with van der Waals surface area (Å²) in [5, 5.41) is 20.4. The van der Waals surface area contributed by atoms with Crippen LogP contribution in [0.5, 0.6) is 0 Å². The second-order valence-corrected chi connectivity index (χ2v) is 16.4. The van der Waals surface area contributed by atoms with Gasteiger partial charge >= 0.3 is 30.1 Å². The predicted octanol–water partition coefficient (Wildman–Crippen LogP) is 7.25. The summed E-state index contributed by atoms with van der Waals surface area (Å²) in [6.45, 7) is 11.4. The minimum absolute atomic E-state index is 0. The van der Waals surface area contributed by atoms with Gasteiger partial charge in [-0.15, -0.1) is 35.1 Å². The molecule has 2 heterocycles. The number of halogens is 1. The van der Waals surface area contributed by atoms with Crippen LogP contribution in [0.2, 0.25) is 0 Å². The molecule has 60 heavy (non-hydrogen) atoms. The van der Waals surface area contributed by atoms with Crippen LogP contribution in [0.15, 0.2) is 83.6 Å². The summed E-state index contributed by atoms with van der Waals surface area (Å²) in [4.78, 5) is 71.1. The number of carboxylic acid groups (broad SMARTS) is 1. The molecule has 0 bridgehead atoms. The molecule has 0 radical (unpaired) electrons. The summed E-state index contributed by atoms with van der Waals surface area (Å²) in [6, 6.07) is 19.4. The Morgan fingerprint density at radius 3 is 1.40 bits per heavy atom. The van der Waals surface area contributed by atoms with Crippen molar-refractivity contribution in [3.8, 4) is 0 Å². The zero-order chi connectivity index (χ0) is 44.2. The van der Waals surface area contributed by atoms with Gasteiger partial charge in [-0.1, -0.05) is 36.4 Å². The molecule has 0 aliphatic heterocycles. The summed E-state index contributed by atoms with van der Waals surface area (Å²) >= 11 is 2.65. The Morgan fingerprint density at radius 1 is 0.650 bits per heavy atom. The van der Waals surface area contributed by atoms with Gasteiger partial charge in [0.2, 0.25) is 5.91 Å². The summed E-state index contributed by atoms with van der Waals surface area (Å²) in [5.74, 6) is -2.13. The molecule has 2 atom stereocenters. The third-order valence-electron chi connectivity index (χ3n) is 7.38. The van der Waals surface area contributed by atoms with Crippen LogP contribution in [-0.2, 0) is 41.4 Å². The first-order valence-electron chi connectivity index (χ1n) is 18.4. The average Bonchev–Trinajstić information content (AvgIpc) is 3.91. The van der Waals surface area contributed by atoms with Crippen LogP contribution in [0.4, 0.5) is 9.59 Å². The van der Waals surface area contributed by atoms with Crippen LogP contribution in [0.1, 0.15) is 95.2 Å². The number of rotatable bonds is 13. The van der Waals surface area contributed by atoms with Crippen LogP contribution in [-0.4, -0.2) is 79.6 Å². The molecule has 0 aliphatic carbocycles. The second kappa shape index (κ2) is 25.9. The third-order valence-corrected chi connectivity index (χ3v) is 9.26. The van der Waals surface area contributed by atoms with Crippen molar-refractivity contribution in [2.45, 2.75) is 77.7 Å². The maximum atomic E-state index is 12.7. The van der Waals surface area contributed by atoms with Gasteiger partial charge < -0.3 is 45.7 Å². The van der Waals surface area contributed by atoms with Crippen LogP contribution in [0, 0.1) is 0 Å². The second-order valence-electron chi connectivity index (χ2n) is 14.5. The van der Waals surface area contributed by atoms with Crippen molar-refractivity contribution in [2.75, 3.05) is 27.3 Å². The number of alkyl carbamates (subject to hydrolysis) is 2. The van der Waals surface area contributed by atoms with E-state index in [4.69, 9.17) is 20.3 Å². The van der Waals surface area contributed by atoms with Crippen molar-refractivity contribution in [3.05, 3.63) is 116 Å². The number of methoxy groups -OCH3 is 2. The first-order chi connectivity index (χ1) is 27.8. The number of carboxylic acids is 1. The summed E-state index contributed by atoms with van der Waals surface area (Å²) in [5.41, 5.74) is 7.23. The Bertz CT molecular complexity index is 1930. The standard InChI is InChI=1S/C21H26N2O5S.C11H15NO4S.C10H13NO2.ClH/c1-21(2,3)28-20(26)23-17(16-6-5-13-29-16)18(24)22-12-11-14-7-9-15(10-8-14)19(25)27-4;1-11(2,3)16-10(15)12-8(9(13)14)7-5-4-6-17-7;1-13-10(12)9-4-2-8(3-5-9)6-7-11;/h5-10,13,17H,11-12H2,1-4H3,(H,22,24)(H,23,26);4-6,8H,1-3H3,(H,12,15)(H,13,14);2-5H,6-7,11H2,1H3;1H. The molecular weight excluding hydrogens is 836 g/mol. The molecule has 15 nitrogen and oxygen atoms in total. The van der Waals surface area contributed by atoms with E-state index in [0.29, 0.717) is 35.5 Å². The van der Waals surface area contributed by atoms with Crippen LogP contribution < -0.4 is 21.7 Å². The number of carbonyl (C=O) groups excluding carboxylic acids is 5. The number of carbonyl (C=O) groups is 6. The minimum atomic E-state index is -1.11. The van der Waals surface area contributed by atoms with Crippen molar-refractivity contribution >= 4 is 71.1 Å². The molecule has 18 heteroatoms. The number of nitrogens with two attached hydrogens (primary N) is 1. The van der Waals surface area contributed by atoms with Crippen LogP contribution in [0.3, 0.4) is 0 Å². The molecule has 4 aromatic rings. The van der Waals surface area contributed by atoms with Crippen molar-refractivity contribution < 1.29 is 52.8 Å². The molecule has 0 fully saturated rings. The molecule has 0 spiro atoms. The Labute approximate surface area is 364 Å². The largest absolute Gasteiger partial charge is 0.479 e. The highest BCUT2D eigenvalue weighted by molar-refractivity contribution is 7.10.